The van der Waals surface area contributed by atoms with Gasteiger partial charge in [0.15, 0.2) is 0 Å². The highest BCUT2D eigenvalue weighted by atomic mass is 35.5. The van der Waals surface area contributed by atoms with Crippen LogP contribution in [0, 0.1) is 5.41 Å². The number of aromatic nitrogens is 1. The van der Waals surface area contributed by atoms with Crippen LogP contribution in [0.1, 0.15) is 45.1 Å². The predicted octanol–water partition coefficient (Wildman–Crippen LogP) is 3.63. The molecule has 2 rings (SSSR count). The van der Waals surface area contributed by atoms with Crippen LogP contribution in [-0.2, 0) is 6.61 Å². The van der Waals surface area contributed by atoms with Gasteiger partial charge in [0.05, 0.1) is 11.6 Å². The van der Waals surface area contributed by atoms with Crippen molar-refractivity contribution in [1.29, 1.82) is 0 Å². The predicted molar refractivity (Wildman–Crippen MR) is 79.6 cm³/mol. The standard InChI is InChI=1S/C15H23ClN2O/c1-3-15(4-2)5-7-18(8-6-15)14-13(16)9-12(11-19)10-17-14/h9-10,19H,3-8,11H2,1-2H3. The minimum absolute atomic E-state index is 0.0121. The molecule has 0 bridgehead atoms. The molecule has 1 aromatic rings. The number of hydrogen-bond acceptors (Lipinski definition) is 3. The van der Waals surface area contributed by atoms with E-state index in [0.717, 1.165) is 24.5 Å². The lowest BCUT2D eigenvalue weighted by Gasteiger charge is -2.41. The van der Waals surface area contributed by atoms with Gasteiger partial charge >= 0.3 is 0 Å². The van der Waals surface area contributed by atoms with Crippen LogP contribution in [-0.4, -0.2) is 23.2 Å². The summed E-state index contributed by atoms with van der Waals surface area (Å²) >= 11 is 6.27. The Kier molecular flexibility index (Phi) is 4.69. The van der Waals surface area contributed by atoms with Crippen LogP contribution in [0.4, 0.5) is 5.82 Å². The Morgan fingerprint density at radius 1 is 1.32 bits per heavy atom. The topological polar surface area (TPSA) is 36.4 Å². The molecule has 106 valence electrons. The van der Waals surface area contributed by atoms with Crippen molar-refractivity contribution in [1.82, 2.24) is 4.98 Å². The molecule has 3 nitrogen and oxygen atoms in total. The lowest BCUT2D eigenvalue weighted by molar-refractivity contribution is 0.199. The largest absolute Gasteiger partial charge is 0.392 e. The van der Waals surface area contributed by atoms with E-state index in [1.807, 2.05) is 6.07 Å². The van der Waals surface area contributed by atoms with Crippen LogP contribution < -0.4 is 4.90 Å². The second-order valence-corrected chi connectivity index (χ2v) is 5.91. The molecule has 1 aliphatic heterocycles. The van der Waals surface area contributed by atoms with E-state index in [0.29, 0.717) is 10.4 Å². The highest BCUT2D eigenvalue weighted by Crippen LogP contribution is 2.39. The van der Waals surface area contributed by atoms with E-state index >= 15 is 0 Å². The summed E-state index contributed by atoms with van der Waals surface area (Å²) in [6, 6.07) is 1.81. The summed E-state index contributed by atoms with van der Waals surface area (Å²) in [5.74, 6) is 0.861. The second kappa shape index (κ2) is 6.10. The quantitative estimate of drug-likeness (QED) is 0.916. The SMILES string of the molecule is CCC1(CC)CCN(c2ncc(CO)cc2Cl)CC1. The van der Waals surface area contributed by atoms with Gasteiger partial charge in [0, 0.05) is 19.3 Å². The van der Waals surface area contributed by atoms with E-state index in [9.17, 15) is 0 Å². The van der Waals surface area contributed by atoms with Crippen molar-refractivity contribution in [2.24, 2.45) is 5.41 Å². The van der Waals surface area contributed by atoms with E-state index in [-0.39, 0.29) is 6.61 Å². The molecule has 1 N–H and O–H groups in total. The summed E-state index contributed by atoms with van der Waals surface area (Å²) in [6.45, 7) is 6.61. The van der Waals surface area contributed by atoms with Gasteiger partial charge in [-0.1, -0.05) is 38.3 Å². The third-order valence-electron chi connectivity index (χ3n) is 4.68. The van der Waals surface area contributed by atoms with E-state index in [2.05, 4.69) is 23.7 Å². The van der Waals surface area contributed by atoms with Gasteiger partial charge < -0.3 is 10.0 Å². The number of aliphatic hydroxyl groups excluding tert-OH is 1. The Labute approximate surface area is 120 Å². The molecule has 0 radical (unpaired) electrons. The summed E-state index contributed by atoms with van der Waals surface area (Å²) in [7, 11) is 0. The Morgan fingerprint density at radius 3 is 2.42 bits per heavy atom. The molecule has 0 spiro atoms. The maximum absolute atomic E-state index is 9.08. The first-order valence-electron chi connectivity index (χ1n) is 7.14. The van der Waals surface area contributed by atoms with Gasteiger partial charge in [0.25, 0.3) is 0 Å². The molecular weight excluding hydrogens is 260 g/mol. The molecule has 0 amide bonds. The van der Waals surface area contributed by atoms with Crippen molar-refractivity contribution < 1.29 is 5.11 Å². The summed E-state index contributed by atoms with van der Waals surface area (Å²) < 4.78 is 0. The molecule has 1 fully saturated rings. The average Bonchev–Trinajstić information content (AvgIpc) is 2.47. The number of aliphatic hydroxyl groups is 1. The highest BCUT2D eigenvalue weighted by Gasteiger charge is 2.32. The van der Waals surface area contributed by atoms with Crippen LogP contribution >= 0.6 is 11.6 Å². The van der Waals surface area contributed by atoms with Gasteiger partial charge in [0.1, 0.15) is 5.82 Å². The summed E-state index contributed by atoms with van der Waals surface area (Å²) in [5, 5.41) is 9.73. The van der Waals surface area contributed by atoms with Crippen molar-refractivity contribution >= 4 is 17.4 Å². The third kappa shape index (κ3) is 3.03. The molecule has 2 heterocycles. The molecule has 19 heavy (non-hydrogen) atoms. The summed E-state index contributed by atoms with van der Waals surface area (Å²) in [6.07, 6.45) is 6.63. The lowest BCUT2D eigenvalue weighted by atomic mass is 9.74. The van der Waals surface area contributed by atoms with Crippen LogP contribution in [0.25, 0.3) is 0 Å². The van der Waals surface area contributed by atoms with E-state index in [1.165, 1.54) is 25.7 Å². The first-order valence-corrected chi connectivity index (χ1v) is 7.52. The fraction of sp³-hybridized carbons (Fsp3) is 0.667. The molecular formula is C15H23ClN2O. The zero-order valence-electron chi connectivity index (χ0n) is 11.8. The highest BCUT2D eigenvalue weighted by molar-refractivity contribution is 6.33. The van der Waals surface area contributed by atoms with Gasteiger partial charge in [-0.05, 0) is 29.9 Å². The minimum atomic E-state index is -0.0121. The molecule has 4 heteroatoms. The van der Waals surface area contributed by atoms with Crippen LogP contribution in [0.5, 0.6) is 0 Å². The first-order chi connectivity index (χ1) is 9.14. The summed E-state index contributed by atoms with van der Waals surface area (Å²) in [4.78, 5) is 6.68. The Balaban J connectivity index is 2.09. The molecule has 0 aliphatic carbocycles. The third-order valence-corrected chi connectivity index (χ3v) is 4.96. The van der Waals surface area contributed by atoms with Gasteiger partial charge in [-0.25, -0.2) is 4.98 Å². The number of rotatable bonds is 4. The fourth-order valence-electron chi connectivity index (χ4n) is 2.94. The Hall–Kier alpha value is -0.800. The number of anilines is 1. The summed E-state index contributed by atoms with van der Waals surface area (Å²) in [5.41, 5.74) is 1.27. The van der Waals surface area contributed by atoms with Crippen molar-refractivity contribution in [3.05, 3.63) is 22.8 Å². The molecule has 1 aliphatic rings. The minimum Gasteiger partial charge on any atom is -0.392 e. The number of pyridine rings is 1. The van der Waals surface area contributed by atoms with E-state index < -0.39 is 0 Å². The second-order valence-electron chi connectivity index (χ2n) is 5.50. The van der Waals surface area contributed by atoms with Gasteiger partial charge in [0.2, 0.25) is 0 Å². The fourth-order valence-corrected chi connectivity index (χ4v) is 3.25. The molecule has 1 saturated heterocycles. The molecule has 0 aromatic carbocycles. The van der Waals surface area contributed by atoms with Crippen LogP contribution in [0.2, 0.25) is 5.02 Å². The van der Waals surface area contributed by atoms with Crippen molar-refractivity contribution in [2.75, 3.05) is 18.0 Å². The van der Waals surface area contributed by atoms with Crippen molar-refractivity contribution in [3.63, 3.8) is 0 Å². The Bertz CT molecular complexity index is 422. The van der Waals surface area contributed by atoms with Crippen molar-refractivity contribution in [3.8, 4) is 0 Å². The van der Waals surface area contributed by atoms with E-state index in [4.69, 9.17) is 16.7 Å². The molecule has 1 aromatic heterocycles. The number of piperidine rings is 1. The maximum Gasteiger partial charge on any atom is 0.147 e. The molecule has 0 saturated carbocycles. The van der Waals surface area contributed by atoms with Crippen molar-refractivity contribution in [2.45, 2.75) is 46.1 Å². The van der Waals surface area contributed by atoms with Crippen LogP contribution in [0.3, 0.4) is 0 Å². The zero-order valence-corrected chi connectivity index (χ0v) is 12.6. The first kappa shape index (κ1) is 14.6. The number of nitrogens with zero attached hydrogens (tertiary/aromatic N) is 2. The van der Waals surface area contributed by atoms with Crippen LogP contribution in [0.15, 0.2) is 12.3 Å². The maximum atomic E-state index is 9.08. The van der Waals surface area contributed by atoms with E-state index in [1.54, 1.807) is 6.20 Å². The normalized spacial score (nSPS) is 18.6. The molecule has 0 unspecified atom stereocenters. The smallest absolute Gasteiger partial charge is 0.147 e. The zero-order chi connectivity index (χ0) is 13.9. The molecule has 0 atom stereocenters. The van der Waals surface area contributed by atoms with Gasteiger partial charge in [-0.15, -0.1) is 0 Å². The Morgan fingerprint density at radius 2 is 1.95 bits per heavy atom. The average molecular weight is 283 g/mol. The lowest BCUT2D eigenvalue weighted by Crippen LogP contribution is -2.40. The van der Waals surface area contributed by atoms with Gasteiger partial charge in [-0.2, -0.15) is 0 Å². The number of halogens is 1. The number of hydrogen-bond donors (Lipinski definition) is 1. The monoisotopic (exact) mass is 282 g/mol. The van der Waals surface area contributed by atoms with Gasteiger partial charge in [-0.3, -0.25) is 0 Å².